The van der Waals surface area contributed by atoms with E-state index in [9.17, 15) is 14.4 Å². The molecule has 3 amide bonds. The van der Waals surface area contributed by atoms with Crippen LogP contribution in [0, 0.1) is 5.92 Å². The fraction of sp³-hybridized carbons (Fsp3) is 0.778. The minimum Gasteiger partial charge on any atom is -0.370 e. The molecule has 0 spiro atoms. The Bertz CT molecular complexity index is 537. The molecule has 0 fully saturated rings. The summed E-state index contributed by atoms with van der Waals surface area (Å²) in [5.41, 5.74) is 9.56. The van der Waals surface area contributed by atoms with Crippen LogP contribution in [0.2, 0.25) is 0 Å². The summed E-state index contributed by atoms with van der Waals surface area (Å²) in [6.45, 7) is 7.58. The molecule has 0 rings (SSSR count). The molecule has 0 saturated heterocycles. The number of amides is 3. The van der Waals surface area contributed by atoms with Crippen LogP contribution in [0.3, 0.4) is 0 Å². The largest absolute Gasteiger partial charge is 0.370 e. The number of nitrogens with zero attached hydrogens (tertiary/aromatic N) is 2. The number of aliphatic imine (C=N–C) groups is 1. The summed E-state index contributed by atoms with van der Waals surface area (Å²) in [6, 6.07) is -0.713. The van der Waals surface area contributed by atoms with Crippen molar-refractivity contribution in [1.82, 2.24) is 15.5 Å². The zero-order chi connectivity index (χ0) is 21.2. The van der Waals surface area contributed by atoms with E-state index in [0.29, 0.717) is 32.2 Å². The van der Waals surface area contributed by atoms with Crippen LogP contribution in [0.25, 0.3) is 0 Å². The minimum atomic E-state index is -1.05. The predicted molar refractivity (Wildman–Crippen MR) is 107 cm³/mol. The van der Waals surface area contributed by atoms with E-state index in [-0.39, 0.29) is 29.6 Å². The highest BCUT2D eigenvalue weighted by molar-refractivity contribution is 5.95. The second-order valence-electron chi connectivity index (χ2n) is 7.14. The van der Waals surface area contributed by atoms with Crippen LogP contribution in [0.1, 0.15) is 53.4 Å². The molecule has 1 atom stereocenters. The van der Waals surface area contributed by atoms with Crippen molar-refractivity contribution in [1.29, 1.82) is 0 Å². The van der Waals surface area contributed by atoms with Crippen molar-refractivity contribution < 1.29 is 14.4 Å². The monoisotopic (exact) mass is 384 g/mol. The predicted octanol–water partition coefficient (Wildman–Crippen LogP) is -0.0560. The van der Waals surface area contributed by atoms with E-state index in [4.69, 9.17) is 11.5 Å². The fourth-order valence-corrected chi connectivity index (χ4v) is 2.55. The standard InChI is InChI=1S/C18H36N6O3/c1-7-18(8-2,23-14(25)12(3)4)16(27)22-13(15(26)24(5)6)10-9-11-21-17(19)20/h12-13H,7-11H2,1-6H3,(H,22,27)(H,23,25)(H4,19,20,21)/t13-/m0/s1. The maximum Gasteiger partial charge on any atom is 0.246 e. The van der Waals surface area contributed by atoms with E-state index in [1.807, 2.05) is 13.8 Å². The molecule has 9 heteroatoms. The maximum atomic E-state index is 13.0. The molecular formula is C18H36N6O3. The zero-order valence-electron chi connectivity index (χ0n) is 17.5. The Morgan fingerprint density at radius 3 is 2.07 bits per heavy atom. The SMILES string of the molecule is CCC(CC)(NC(=O)C(C)C)C(=O)N[C@@H](CCCN=C(N)N)C(=O)N(C)C. The van der Waals surface area contributed by atoms with Gasteiger partial charge in [0.1, 0.15) is 11.6 Å². The highest BCUT2D eigenvalue weighted by atomic mass is 16.2. The Balaban J connectivity index is 5.32. The number of nitrogens with two attached hydrogens (primary N) is 2. The lowest BCUT2D eigenvalue weighted by Gasteiger charge is -2.34. The first-order valence-electron chi connectivity index (χ1n) is 9.40. The van der Waals surface area contributed by atoms with Crippen LogP contribution in [-0.4, -0.2) is 60.8 Å². The zero-order valence-corrected chi connectivity index (χ0v) is 17.5. The minimum absolute atomic E-state index is 0.0121. The number of nitrogens with one attached hydrogen (secondary N) is 2. The van der Waals surface area contributed by atoms with Crippen LogP contribution < -0.4 is 22.1 Å². The molecule has 0 aromatic heterocycles. The third-order valence-corrected chi connectivity index (χ3v) is 4.52. The molecule has 0 aliphatic heterocycles. The second-order valence-corrected chi connectivity index (χ2v) is 7.14. The summed E-state index contributed by atoms with van der Waals surface area (Å²) in [5, 5.41) is 5.67. The lowest BCUT2D eigenvalue weighted by Crippen LogP contribution is -2.61. The van der Waals surface area contributed by atoms with Crippen molar-refractivity contribution in [3.8, 4) is 0 Å². The molecule has 27 heavy (non-hydrogen) atoms. The molecule has 0 aliphatic rings. The number of rotatable bonds is 11. The van der Waals surface area contributed by atoms with Crippen LogP contribution in [-0.2, 0) is 14.4 Å². The molecule has 0 aromatic carbocycles. The lowest BCUT2D eigenvalue weighted by molar-refractivity contribution is -0.139. The van der Waals surface area contributed by atoms with Gasteiger partial charge in [-0.2, -0.15) is 0 Å². The summed E-state index contributed by atoms with van der Waals surface area (Å²) in [7, 11) is 3.26. The van der Waals surface area contributed by atoms with Gasteiger partial charge in [0.25, 0.3) is 0 Å². The van der Waals surface area contributed by atoms with E-state index in [2.05, 4.69) is 15.6 Å². The Kier molecular flexibility index (Phi) is 10.4. The average molecular weight is 385 g/mol. The number of carbonyl (C=O) groups is 3. The van der Waals surface area contributed by atoms with Gasteiger partial charge in [-0.1, -0.05) is 27.7 Å². The topological polar surface area (TPSA) is 143 Å². The molecule has 156 valence electrons. The van der Waals surface area contributed by atoms with Crippen LogP contribution in [0.15, 0.2) is 4.99 Å². The van der Waals surface area contributed by atoms with Crippen LogP contribution in [0.4, 0.5) is 0 Å². The molecule has 0 saturated carbocycles. The molecule has 0 aromatic rings. The summed E-state index contributed by atoms with van der Waals surface area (Å²) in [4.78, 5) is 43.0. The number of likely N-dealkylation sites (N-methyl/N-ethyl adjacent to an activating group) is 1. The third kappa shape index (κ3) is 7.84. The Morgan fingerprint density at radius 1 is 1.11 bits per heavy atom. The fourth-order valence-electron chi connectivity index (χ4n) is 2.55. The normalized spacial score (nSPS) is 12.3. The van der Waals surface area contributed by atoms with Gasteiger partial charge in [-0.25, -0.2) is 0 Å². The second kappa shape index (κ2) is 11.4. The molecule has 0 heterocycles. The number of hydrogen-bond donors (Lipinski definition) is 4. The maximum absolute atomic E-state index is 13.0. The van der Waals surface area contributed by atoms with E-state index < -0.39 is 11.6 Å². The van der Waals surface area contributed by atoms with Crippen LogP contribution in [0.5, 0.6) is 0 Å². The molecule has 6 N–H and O–H groups in total. The quantitative estimate of drug-likeness (QED) is 0.224. The van der Waals surface area contributed by atoms with Crippen molar-refractivity contribution in [2.45, 2.75) is 65.0 Å². The lowest BCUT2D eigenvalue weighted by atomic mass is 9.90. The van der Waals surface area contributed by atoms with Gasteiger partial charge in [-0.3, -0.25) is 19.4 Å². The average Bonchev–Trinajstić information content (AvgIpc) is 2.60. The summed E-state index contributed by atoms with van der Waals surface area (Å²) in [6.07, 6.45) is 1.77. The molecule has 0 radical (unpaired) electrons. The van der Waals surface area contributed by atoms with Crippen molar-refractivity contribution in [2.24, 2.45) is 22.4 Å². The van der Waals surface area contributed by atoms with Gasteiger partial charge in [-0.15, -0.1) is 0 Å². The van der Waals surface area contributed by atoms with Gasteiger partial charge in [0.05, 0.1) is 0 Å². The highest BCUT2D eigenvalue weighted by Gasteiger charge is 2.38. The van der Waals surface area contributed by atoms with Crippen molar-refractivity contribution in [3.63, 3.8) is 0 Å². The first-order valence-corrected chi connectivity index (χ1v) is 9.40. The van der Waals surface area contributed by atoms with E-state index >= 15 is 0 Å². The van der Waals surface area contributed by atoms with Crippen molar-refractivity contribution >= 4 is 23.7 Å². The molecule has 9 nitrogen and oxygen atoms in total. The van der Waals surface area contributed by atoms with E-state index in [1.54, 1.807) is 27.9 Å². The third-order valence-electron chi connectivity index (χ3n) is 4.52. The first-order chi connectivity index (χ1) is 12.5. The van der Waals surface area contributed by atoms with E-state index in [1.165, 1.54) is 4.90 Å². The Labute approximate surface area is 162 Å². The summed E-state index contributed by atoms with van der Waals surface area (Å²) < 4.78 is 0. The van der Waals surface area contributed by atoms with Crippen molar-refractivity contribution in [3.05, 3.63) is 0 Å². The molecular weight excluding hydrogens is 348 g/mol. The van der Waals surface area contributed by atoms with Gasteiger partial charge in [-0.05, 0) is 25.7 Å². The van der Waals surface area contributed by atoms with Gasteiger partial charge in [0, 0.05) is 26.6 Å². The van der Waals surface area contributed by atoms with Gasteiger partial charge < -0.3 is 27.0 Å². The number of guanidine groups is 1. The molecule has 0 bridgehead atoms. The van der Waals surface area contributed by atoms with Gasteiger partial charge in [0.2, 0.25) is 17.7 Å². The van der Waals surface area contributed by atoms with Crippen molar-refractivity contribution in [2.75, 3.05) is 20.6 Å². The summed E-state index contributed by atoms with van der Waals surface area (Å²) in [5.74, 6) is -1.03. The number of hydrogen-bond acceptors (Lipinski definition) is 4. The Morgan fingerprint density at radius 2 is 1.67 bits per heavy atom. The first kappa shape index (κ1) is 24.7. The Hall–Kier alpha value is -2.32. The smallest absolute Gasteiger partial charge is 0.246 e. The highest BCUT2D eigenvalue weighted by Crippen LogP contribution is 2.18. The number of carbonyl (C=O) groups excluding carboxylic acids is 3. The van der Waals surface area contributed by atoms with E-state index in [0.717, 1.165) is 0 Å². The molecule has 0 aliphatic carbocycles. The van der Waals surface area contributed by atoms with Crippen LogP contribution >= 0.6 is 0 Å². The summed E-state index contributed by atoms with van der Waals surface area (Å²) >= 11 is 0. The van der Waals surface area contributed by atoms with Gasteiger partial charge in [0.15, 0.2) is 5.96 Å². The van der Waals surface area contributed by atoms with Gasteiger partial charge >= 0.3 is 0 Å². The molecule has 0 unspecified atom stereocenters.